The monoisotopic (exact) mass is 179 g/mol. The highest BCUT2D eigenvalue weighted by atomic mass is 35.5. The van der Waals surface area contributed by atoms with Crippen LogP contribution in [0.1, 0.15) is 12.8 Å². The van der Waals surface area contributed by atoms with Gasteiger partial charge >= 0.3 is 0 Å². The van der Waals surface area contributed by atoms with Gasteiger partial charge in [-0.25, -0.2) is 0 Å². The molecule has 2 aliphatic rings. The first-order valence-electron chi connectivity index (χ1n) is 3.86. The fourth-order valence-corrected chi connectivity index (χ4v) is 1.81. The summed E-state index contributed by atoms with van der Waals surface area (Å²) in [6, 6.07) is 0.810. The molecule has 11 heavy (non-hydrogen) atoms. The van der Waals surface area contributed by atoms with Gasteiger partial charge in [0, 0.05) is 12.1 Å². The van der Waals surface area contributed by atoms with Crippen LogP contribution in [0.5, 0.6) is 0 Å². The van der Waals surface area contributed by atoms with E-state index in [-0.39, 0.29) is 18.5 Å². The van der Waals surface area contributed by atoms with Crippen LogP contribution in [0, 0.1) is 0 Å². The first-order chi connectivity index (χ1) is 4.84. The number of piperidine rings is 1. The van der Waals surface area contributed by atoms with Gasteiger partial charge < -0.3 is 15.2 Å². The molecule has 0 aromatic carbocycles. The van der Waals surface area contributed by atoms with E-state index in [0.717, 1.165) is 26.1 Å². The molecule has 0 saturated carbocycles. The molecule has 2 heterocycles. The minimum absolute atomic E-state index is 0. The van der Waals surface area contributed by atoms with Crippen LogP contribution in [0.25, 0.3) is 0 Å². The van der Waals surface area contributed by atoms with Crippen molar-refractivity contribution >= 4 is 12.4 Å². The standard InChI is InChI=1S/C7H13NO2.ClH/c9-7-1-5-3-10-4-6(2-7)8-5;/h5-9H,1-4H2;1H/t5-,6+,7?;. The van der Waals surface area contributed by atoms with Crippen LogP contribution < -0.4 is 5.32 Å². The molecule has 2 aliphatic heterocycles. The SMILES string of the molecule is Cl.OC1C[C@H]2COC[C@@H](C1)N2. The van der Waals surface area contributed by atoms with Crippen LogP contribution in [-0.4, -0.2) is 36.5 Å². The number of hydrogen-bond donors (Lipinski definition) is 2. The van der Waals surface area contributed by atoms with Crippen LogP contribution in [0.2, 0.25) is 0 Å². The normalized spacial score (nSPS) is 42.8. The number of nitrogens with one attached hydrogen (secondary N) is 1. The smallest absolute Gasteiger partial charge is 0.0621 e. The van der Waals surface area contributed by atoms with Crippen LogP contribution in [-0.2, 0) is 4.74 Å². The van der Waals surface area contributed by atoms with E-state index >= 15 is 0 Å². The number of halogens is 1. The van der Waals surface area contributed by atoms with E-state index in [0.29, 0.717) is 12.1 Å². The van der Waals surface area contributed by atoms with Gasteiger partial charge in [0.25, 0.3) is 0 Å². The van der Waals surface area contributed by atoms with Crippen molar-refractivity contribution in [3.8, 4) is 0 Å². The maximum absolute atomic E-state index is 9.32. The predicted molar refractivity (Wildman–Crippen MR) is 44.0 cm³/mol. The number of fused-ring (bicyclic) bond motifs is 2. The highest BCUT2D eigenvalue weighted by Crippen LogP contribution is 2.17. The van der Waals surface area contributed by atoms with Gasteiger partial charge in [-0.05, 0) is 12.8 Å². The molecular formula is C7H14ClNO2. The largest absolute Gasteiger partial charge is 0.393 e. The zero-order valence-electron chi connectivity index (χ0n) is 6.32. The van der Waals surface area contributed by atoms with E-state index < -0.39 is 0 Å². The minimum atomic E-state index is -0.0971. The number of morpholine rings is 1. The maximum Gasteiger partial charge on any atom is 0.0621 e. The third kappa shape index (κ3) is 2.06. The van der Waals surface area contributed by atoms with Crippen molar-refractivity contribution in [2.24, 2.45) is 0 Å². The Labute approximate surface area is 72.5 Å². The molecule has 1 unspecified atom stereocenters. The van der Waals surface area contributed by atoms with Crippen LogP contribution in [0.4, 0.5) is 0 Å². The van der Waals surface area contributed by atoms with E-state index in [1.807, 2.05) is 0 Å². The van der Waals surface area contributed by atoms with Gasteiger partial charge in [-0.2, -0.15) is 0 Å². The molecule has 0 spiro atoms. The van der Waals surface area contributed by atoms with Gasteiger partial charge in [-0.3, -0.25) is 0 Å². The van der Waals surface area contributed by atoms with Crippen molar-refractivity contribution in [2.45, 2.75) is 31.0 Å². The number of hydrogen-bond acceptors (Lipinski definition) is 3. The average molecular weight is 180 g/mol. The average Bonchev–Trinajstić information content (AvgIpc) is 1.85. The first kappa shape index (κ1) is 9.26. The Hall–Kier alpha value is 0.170. The molecule has 0 radical (unpaired) electrons. The molecule has 2 bridgehead atoms. The van der Waals surface area contributed by atoms with E-state index in [9.17, 15) is 5.11 Å². The molecule has 2 saturated heterocycles. The summed E-state index contributed by atoms with van der Waals surface area (Å²) in [6.45, 7) is 1.54. The van der Waals surface area contributed by atoms with Crippen LogP contribution >= 0.6 is 12.4 Å². The lowest BCUT2D eigenvalue weighted by atomic mass is 9.95. The third-order valence-corrected chi connectivity index (χ3v) is 2.22. The van der Waals surface area contributed by atoms with Gasteiger partial charge in [0.2, 0.25) is 0 Å². The topological polar surface area (TPSA) is 41.5 Å². The number of aliphatic hydroxyl groups excluding tert-OH is 1. The van der Waals surface area contributed by atoms with E-state index in [1.165, 1.54) is 0 Å². The molecule has 2 rings (SSSR count). The van der Waals surface area contributed by atoms with Crippen LogP contribution in [0.3, 0.4) is 0 Å². The molecule has 3 nitrogen and oxygen atoms in total. The van der Waals surface area contributed by atoms with Gasteiger partial charge in [-0.1, -0.05) is 0 Å². The van der Waals surface area contributed by atoms with Gasteiger partial charge in [0.05, 0.1) is 19.3 Å². The Morgan fingerprint density at radius 2 is 1.73 bits per heavy atom. The quantitative estimate of drug-likeness (QED) is 0.547. The summed E-state index contributed by atoms with van der Waals surface area (Å²) in [4.78, 5) is 0. The Kier molecular flexibility index (Phi) is 3.13. The maximum atomic E-state index is 9.32. The molecule has 2 N–H and O–H groups in total. The van der Waals surface area contributed by atoms with Gasteiger partial charge in [0.1, 0.15) is 0 Å². The zero-order chi connectivity index (χ0) is 6.97. The molecule has 2 fully saturated rings. The number of ether oxygens (including phenoxy) is 1. The Morgan fingerprint density at radius 3 is 2.27 bits per heavy atom. The lowest BCUT2D eigenvalue weighted by molar-refractivity contribution is -0.0193. The van der Waals surface area contributed by atoms with Crippen LogP contribution in [0.15, 0.2) is 0 Å². The molecule has 0 aliphatic carbocycles. The fourth-order valence-electron chi connectivity index (χ4n) is 1.81. The molecule has 66 valence electrons. The molecular weight excluding hydrogens is 166 g/mol. The first-order valence-corrected chi connectivity index (χ1v) is 3.86. The highest BCUT2D eigenvalue weighted by molar-refractivity contribution is 5.85. The summed E-state index contributed by atoms with van der Waals surface area (Å²) in [5, 5.41) is 12.7. The molecule has 0 aromatic heterocycles. The van der Waals surface area contributed by atoms with Crippen molar-refractivity contribution in [3.63, 3.8) is 0 Å². The summed E-state index contributed by atoms with van der Waals surface area (Å²) in [5.74, 6) is 0. The zero-order valence-corrected chi connectivity index (χ0v) is 7.14. The van der Waals surface area contributed by atoms with Crippen molar-refractivity contribution in [1.82, 2.24) is 5.32 Å². The van der Waals surface area contributed by atoms with Crippen molar-refractivity contribution < 1.29 is 9.84 Å². The lowest BCUT2D eigenvalue weighted by Crippen LogP contribution is -2.55. The second-order valence-corrected chi connectivity index (χ2v) is 3.22. The number of aliphatic hydroxyl groups is 1. The Bertz CT molecular complexity index is 118. The third-order valence-electron chi connectivity index (χ3n) is 2.22. The van der Waals surface area contributed by atoms with E-state index in [4.69, 9.17) is 4.74 Å². The van der Waals surface area contributed by atoms with Gasteiger partial charge in [-0.15, -0.1) is 12.4 Å². The molecule has 0 amide bonds. The molecule has 0 aromatic rings. The summed E-state index contributed by atoms with van der Waals surface area (Å²) >= 11 is 0. The summed E-state index contributed by atoms with van der Waals surface area (Å²) in [5.41, 5.74) is 0. The second-order valence-electron chi connectivity index (χ2n) is 3.22. The molecule has 4 heteroatoms. The molecule has 3 atom stereocenters. The predicted octanol–water partition coefficient (Wildman–Crippen LogP) is -0.0801. The number of rotatable bonds is 0. The Morgan fingerprint density at radius 1 is 1.18 bits per heavy atom. The van der Waals surface area contributed by atoms with Crippen molar-refractivity contribution in [3.05, 3.63) is 0 Å². The van der Waals surface area contributed by atoms with E-state index in [2.05, 4.69) is 5.32 Å². The van der Waals surface area contributed by atoms with Crippen molar-refractivity contribution in [2.75, 3.05) is 13.2 Å². The highest BCUT2D eigenvalue weighted by Gasteiger charge is 2.30. The lowest BCUT2D eigenvalue weighted by Gasteiger charge is -2.38. The second kappa shape index (κ2) is 3.72. The summed E-state index contributed by atoms with van der Waals surface area (Å²) in [6.07, 6.45) is 1.62. The minimum Gasteiger partial charge on any atom is -0.393 e. The fraction of sp³-hybridized carbons (Fsp3) is 1.00. The van der Waals surface area contributed by atoms with Crippen molar-refractivity contribution in [1.29, 1.82) is 0 Å². The summed E-state index contributed by atoms with van der Waals surface area (Å²) in [7, 11) is 0. The van der Waals surface area contributed by atoms with E-state index in [1.54, 1.807) is 0 Å². The Balaban J connectivity index is 0.000000605. The van der Waals surface area contributed by atoms with Gasteiger partial charge in [0.15, 0.2) is 0 Å². The summed E-state index contributed by atoms with van der Waals surface area (Å²) < 4.78 is 5.31.